The Bertz CT molecular complexity index is 1070. The van der Waals surface area contributed by atoms with Crippen LogP contribution in [0, 0.1) is 0 Å². The SMILES string of the molecule is CS(=O)(=O)c1ccc(-c2cnn(CC(F)(F)F)c(=O)c2C2=CCCCC2)cc1. The maximum atomic E-state index is 12.8. The van der Waals surface area contributed by atoms with Gasteiger partial charge < -0.3 is 0 Å². The summed E-state index contributed by atoms with van der Waals surface area (Å²) >= 11 is 0. The van der Waals surface area contributed by atoms with Gasteiger partial charge in [-0.25, -0.2) is 13.1 Å². The van der Waals surface area contributed by atoms with Gasteiger partial charge >= 0.3 is 6.18 Å². The van der Waals surface area contributed by atoms with Crippen LogP contribution in [-0.2, 0) is 16.4 Å². The van der Waals surface area contributed by atoms with Crippen molar-refractivity contribution in [1.29, 1.82) is 0 Å². The summed E-state index contributed by atoms with van der Waals surface area (Å²) in [7, 11) is -3.39. The van der Waals surface area contributed by atoms with E-state index in [0.717, 1.165) is 25.5 Å². The number of alkyl halides is 3. The van der Waals surface area contributed by atoms with Crippen LogP contribution in [-0.4, -0.2) is 30.6 Å². The van der Waals surface area contributed by atoms with Crippen molar-refractivity contribution in [1.82, 2.24) is 9.78 Å². The van der Waals surface area contributed by atoms with Gasteiger partial charge in [0.2, 0.25) is 0 Å². The van der Waals surface area contributed by atoms with Crippen molar-refractivity contribution < 1.29 is 21.6 Å². The Morgan fingerprint density at radius 2 is 1.82 bits per heavy atom. The maximum absolute atomic E-state index is 12.8. The average molecular weight is 412 g/mol. The van der Waals surface area contributed by atoms with Gasteiger partial charge in [0.05, 0.1) is 16.7 Å². The summed E-state index contributed by atoms with van der Waals surface area (Å²) in [4.78, 5) is 12.9. The van der Waals surface area contributed by atoms with E-state index in [1.807, 2.05) is 6.08 Å². The normalized spacial score (nSPS) is 15.4. The van der Waals surface area contributed by atoms with E-state index < -0.39 is 28.1 Å². The molecule has 1 aromatic heterocycles. The lowest BCUT2D eigenvalue weighted by Gasteiger charge is -2.18. The minimum Gasteiger partial charge on any atom is -0.267 e. The number of aromatic nitrogens is 2. The maximum Gasteiger partial charge on any atom is 0.408 e. The van der Waals surface area contributed by atoms with Crippen molar-refractivity contribution >= 4 is 15.4 Å². The Hall–Kier alpha value is -2.42. The summed E-state index contributed by atoms with van der Waals surface area (Å²) < 4.78 is 62.1. The van der Waals surface area contributed by atoms with E-state index in [0.29, 0.717) is 27.8 Å². The van der Waals surface area contributed by atoms with Crippen molar-refractivity contribution in [2.45, 2.75) is 43.3 Å². The molecular formula is C19H19F3N2O3S. The summed E-state index contributed by atoms with van der Waals surface area (Å²) in [5, 5.41) is 3.71. The van der Waals surface area contributed by atoms with Crippen LogP contribution >= 0.6 is 0 Å². The van der Waals surface area contributed by atoms with Crippen LogP contribution in [0.3, 0.4) is 0 Å². The quantitative estimate of drug-likeness (QED) is 0.765. The smallest absolute Gasteiger partial charge is 0.267 e. The van der Waals surface area contributed by atoms with Gasteiger partial charge in [0, 0.05) is 11.8 Å². The van der Waals surface area contributed by atoms with E-state index in [2.05, 4.69) is 5.10 Å². The highest BCUT2D eigenvalue weighted by molar-refractivity contribution is 7.90. The van der Waals surface area contributed by atoms with Crippen molar-refractivity contribution in [3.8, 4) is 11.1 Å². The first-order valence-corrected chi connectivity index (χ1v) is 10.6. The van der Waals surface area contributed by atoms with E-state index in [4.69, 9.17) is 0 Å². The number of hydrogen-bond acceptors (Lipinski definition) is 4. The number of halogens is 3. The summed E-state index contributed by atoms with van der Waals surface area (Å²) in [6.07, 6.45) is 2.80. The van der Waals surface area contributed by atoms with Gasteiger partial charge in [-0.2, -0.15) is 18.3 Å². The molecular weight excluding hydrogens is 393 g/mol. The third kappa shape index (κ3) is 4.52. The second-order valence-electron chi connectivity index (χ2n) is 6.78. The molecule has 3 rings (SSSR count). The molecule has 0 aliphatic heterocycles. The molecule has 0 radical (unpaired) electrons. The van der Waals surface area contributed by atoms with E-state index in [9.17, 15) is 26.4 Å². The molecule has 0 amide bonds. The highest BCUT2D eigenvalue weighted by Gasteiger charge is 2.30. The molecule has 2 aromatic rings. The lowest BCUT2D eigenvalue weighted by Crippen LogP contribution is -2.32. The van der Waals surface area contributed by atoms with Crippen LogP contribution in [0.4, 0.5) is 13.2 Å². The molecule has 0 saturated carbocycles. The molecule has 0 N–H and O–H groups in total. The number of rotatable bonds is 4. The molecule has 1 heterocycles. The molecule has 0 spiro atoms. The molecule has 0 unspecified atom stereocenters. The third-order valence-corrected chi connectivity index (χ3v) is 5.71. The van der Waals surface area contributed by atoms with E-state index >= 15 is 0 Å². The van der Waals surface area contributed by atoms with Crippen LogP contribution in [0.25, 0.3) is 16.7 Å². The molecule has 1 aliphatic rings. The summed E-state index contributed by atoms with van der Waals surface area (Å²) in [6, 6.07) is 5.89. The monoisotopic (exact) mass is 412 g/mol. The topological polar surface area (TPSA) is 69.0 Å². The predicted octanol–water partition coefficient (Wildman–Crippen LogP) is 3.83. The molecule has 28 heavy (non-hydrogen) atoms. The average Bonchev–Trinajstić information content (AvgIpc) is 2.62. The zero-order valence-corrected chi connectivity index (χ0v) is 16.0. The van der Waals surface area contributed by atoms with Gasteiger partial charge in [0.1, 0.15) is 6.54 Å². The minimum atomic E-state index is -4.56. The van der Waals surface area contributed by atoms with Gasteiger partial charge in [-0.05, 0) is 49.0 Å². The van der Waals surface area contributed by atoms with Gasteiger partial charge in [-0.15, -0.1) is 0 Å². The van der Waals surface area contributed by atoms with Crippen LogP contribution in [0.2, 0.25) is 0 Å². The third-order valence-electron chi connectivity index (χ3n) is 4.58. The fourth-order valence-corrected chi connectivity index (χ4v) is 3.88. The Labute approximate surface area is 160 Å². The zero-order chi connectivity index (χ0) is 20.5. The van der Waals surface area contributed by atoms with Crippen molar-refractivity contribution in [3.63, 3.8) is 0 Å². The van der Waals surface area contributed by atoms with Crippen molar-refractivity contribution in [2.24, 2.45) is 0 Å². The number of hydrogen-bond donors (Lipinski definition) is 0. The highest BCUT2D eigenvalue weighted by Crippen LogP contribution is 2.32. The molecule has 1 aromatic carbocycles. The van der Waals surface area contributed by atoms with Gasteiger partial charge in [0.25, 0.3) is 5.56 Å². The van der Waals surface area contributed by atoms with Crippen molar-refractivity contribution in [2.75, 3.05) is 6.26 Å². The summed E-state index contributed by atoms with van der Waals surface area (Å²) in [5.74, 6) is 0. The second-order valence-corrected chi connectivity index (χ2v) is 8.80. The van der Waals surface area contributed by atoms with E-state index in [-0.39, 0.29) is 10.5 Å². The minimum absolute atomic E-state index is 0.119. The standard InChI is InChI=1S/C19H19F3N2O3S/c1-28(26,27)15-9-7-13(8-10-15)16-11-23-24(12-19(20,21)22)18(25)17(16)14-5-3-2-4-6-14/h5,7-11H,2-4,6,12H2,1H3. The molecule has 0 atom stereocenters. The largest absolute Gasteiger partial charge is 0.408 e. The molecule has 0 saturated heterocycles. The van der Waals surface area contributed by atoms with Crippen LogP contribution in [0.1, 0.15) is 31.2 Å². The molecule has 1 aliphatic carbocycles. The van der Waals surface area contributed by atoms with Crippen LogP contribution in [0.15, 0.2) is 46.2 Å². The van der Waals surface area contributed by atoms with Crippen molar-refractivity contribution in [3.05, 3.63) is 52.5 Å². The molecule has 150 valence electrons. The van der Waals surface area contributed by atoms with Gasteiger partial charge in [-0.1, -0.05) is 18.2 Å². The fraction of sp³-hybridized carbons (Fsp3) is 0.368. The Kier molecular flexibility index (Phi) is 5.47. The summed E-state index contributed by atoms with van der Waals surface area (Å²) in [5.41, 5.74) is 1.03. The molecule has 0 bridgehead atoms. The van der Waals surface area contributed by atoms with E-state index in [1.165, 1.54) is 30.5 Å². The molecule has 5 nitrogen and oxygen atoms in total. The Morgan fingerprint density at radius 3 is 2.36 bits per heavy atom. The number of nitrogens with zero attached hydrogens (tertiary/aromatic N) is 2. The zero-order valence-electron chi connectivity index (χ0n) is 15.2. The first-order chi connectivity index (χ1) is 13.1. The highest BCUT2D eigenvalue weighted by atomic mass is 32.2. The fourth-order valence-electron chi connectivity index (χ4n) is 3.25. The van der Waals surface area contributed by atoms with Gasteiger partial charge in [-0.3, -0.25) is 4.79 Å². The van der Waals surface area contributed by atoms with E-state index in [1.54, 1.807) is 0 Å². The van der Waals surface area contributed by atoms with Crippen LogP contribution < -0.4 is 5.56 Å². The lowest BCUT2D eigenvalue weighted by atomic mass is 9.90. The molecule has 9 heteroatoms. The first kappa shape index (κ1) is 20.3. The van der Waals surface area contributed by atoms with Gasteiger partial charge in [0.15, 0.2) is 9.84 Å². The Morgan fingerprint density at radius 1 is 1.14 bits per heavy atom. The Balaban J connectivity index is 2.16. The number of benzene rings is 1. The van der Waals surface area contributed by atoms with Crippen LogP contribution in [0.5, 0.6) is 0 Å². The number of allylic oxidation sites excluding steroid dienone is 2. The second kappa shape index (κ2) is 7.54. The first-order valence-electron chi connectivity index (χ1n) is 8.73. The predicted molar refractivity (Wildman–Crippen MR) is 99.5 cm³/mol. The lowest BCUT2D eigenvalue weighted by molar-refractivity contribution is -0.143. The number of sulfone groups is 1. The summed E-state index contributed by atoms with van der Waals surface area (Å²) in [6.45, 7) is -1.46. The molecule has 0 fully saturated rings.